The Kier molecular flexibility index (Phi) is 4.28. The first-order valence-electron chi connectivity index (χ1n) is 5.69. The molecule has 18 heavy (non-hydrogen) atoms. The fourth-order valence-corrected chi connectivity index (χ4v) is 2.44. The topological polar surface area (TPSA) is 48.1 Å². The number of thiocarbonyl (C=S) groups is 1. The second-order valence-corrected chi connectivity index (χ2v) is 5.07. The predicted molar refractivity (Wildman–Crippen MR) is 79.2 cm³/mol. The molecule has 0 aliphatic heterocycles. The first kappa shape index (κ1) is 13.0. The molecule has 0 spiro atoms. The van der Waals surface area contributed by atoms with E-state index in [0.29, 0.717) is 10.7 Å². The van der Waals surface area contributed by atoms with Crippen molar-refractivity contribution in [1.29, 1.82) is 0 Å². The fourth-order valence-electron chi connectivity index (χ4n) is 1.43. The summed E-state index contributed by atoms with van der Waals surface area (Å²) in [6, 6.07) is 7.89. The second kappa shape index (κ2) is 5.93. The minimum Gasteiger partial charge on any atom is -0.494 e. The van der Waals surface area contributed by atoms with Gasteiger partial charge in [-0.2, -0.15) is 0 Å². The summed E-state index contributed by atoms with van der Waals surface area (Å²) in [4.78, 5) is 4.72. The summed E-state index contributed by atoms with van der Waals surface area (Å²) in [5.41, 5.74) is 7.26. The van der Waals surface area contributed by atoms with Crippen molar-refractivity contribution in [3.05, 3.63) is 35.3 Å². The van der Waals surface area contributed by atoms with Crippen LogP contribution in [-0.2, 0) is 0 Å². The predicted octanol–water partition coefficient (Wildman–Crippen LogP) is 3.23. The molecule has 2 rings (SSSR count). The summed E-state index contributed by atoms with van der Waals surface area (Å²) < 4.78 is 5.53. The molecule has 0 aliphatic carbocycles. The van der Waals surface area contributed by atoms with Gasteiger partial charge in [0.25, 0.3) is 0 Å². The number of rotatable bonds is 5. The van der Waals surface area contributed by atoms with Crippen molar-refractivity contribution in [3.63, 3.8) is 0 Å². The molecule has 0 saturated heterocycles. The third kappa shape index (κ3) is 3.05. The maximum atomic E-state index is 5.54. The van der Waals surface area contributed by atoms with Crippen molar-refractivity contribution in [1.82, 2.24) is 4.98 Å². The highest BCUT2D eigenvalue weighted by atomic mass is 32.1. The molecule has 0 unspecified atom stereocenters. The third-order valence-electron chi connectivity index (χ3n) is 2.33. The zero-order valence-electron chi connectivity index (χ0n) is 10.1. The first-order chi connectivity index (χ1) is 8.70. The summed E-state index contributed by atoms with van der Waals surface area (Å²) in [6.07, 6.45) is 1.01. The normalized spacial score (nSPS) is 10.3. The first-order valence-corrected chi connectivity index (χ1v) is 6.98. The highest BCUT2D eigenvalue weighted by Crippen LogP contribution is 2.25. The van der Waals surface area contributed by atoms with Crippen LogP contribution in [0.5, 0.6) is 5.75 Å². The number of hydrogen-bond donors (Lipinski definition) is 1. The molecule has 0 aliphatic rings. The Morgan fingerprint density at radius 2 is 2.11 bits per heavy atom. The monoisotopic (exact) mass is 278 g/mol. The van der Waals surface area contributed by atoms with Gasteiger partial charge >= 0.3 is 0 Å². The van der Waals surface area contributed by atoms with Crippen LogP contribution in [0.15, 0.2) is 29.6 Å². The van der Waals surface area contributed by atoms with Crippen LogP contribution >= 0.6 is 23.6 Å². The zero-order chi connectivity index (χ0) is 13.0. The Morgan fingerprint density at radius 1 is 1.39 bits per heavy atom. The molecule has 2 aromatic rings. The van der Waals surface area contributed by atoms with Crippen LogP contribution in [0.3, 0.4) is 0 Å². The Labute approximate surface area is 116 Å². The summed E-state index contributed by atoms with van der Waals surface area (Å²) >= 11 is 6.43. The Balaban J connectivity index is 2.15. The van der Waals surface area contributed by atoms with E-state index >= 15 is 0 Å². The van der Waals surface area contributed by atoms with Crippen LogP contribution in [0.4, 0.5) is 0 Å². The molecule has 2 N–H and O–H groups in total. The van der Waals surface area contributed by atoms with Gasteiger partial charge in [-0.1, -0.05) is 19.1 Å². The minimum atomic E-state index is 0.334. The maximum Gasteiger partial charge on any atom is 0.124 e. The second-order valence-electron chi connectivity index (χ2n) is 3.77. The van der Waals surface area contributed by atoms with E-state index in [1.54, 1.807) is 0 Å². The van der Waals surface area contributed by atoms with Gasteiger partial charge in [-0.05, 0) is 30.7 Å². The van der Waals surface area contributed by atoms with Crippen molar-refractivity contribution >= 4 is 28.5 Å². The molecule has 3 nitrogen and oxygen atoms in total. The standard InChI is InChI=1S/C13H14N2OS2/c1-2-7-16-10-5-3-9(4-6-10)13-15-11(8-18-13)12(14)17/h3-6,8H,2,7H2,1H3,(H2,14,17). The Bertz CT molecular complexity index is 534. The Hall–Kier alpha value is -1.46. The lowest BCUT2D eigenvalue weighted by Crippen LogP contribution is -2.09. The van der Waals surface area contributed by atoms with Gasteiger partial charge in [-0.15, -0.1) is 11.3 Å². The largest absolute Gasteiger partial charge is 0.494 e. The molecule has 0 amide bonds. The number of ether oxygens (including phenoxy) is 1. The van der Waals surface area contributed by atoms with E-state index < -0.39 is 0 Å². The number of nitrogens with two attached hydrogens (primary N) is 1. The number of hydrogen-bond acceptors (Lipinski definition) is 4. The number of nitrogens with zero attached hydrogens (tertiary/aromatic N) is 1. The van der Waals surface area contributed by atoms with Gasteiger partial charge in [0.15, 0.2) is 0 Å². The van der Waals surface area contributed by atoms with Gasteiger partial charge in [-0.3, -0.25) is 0 Å². The molecule has 94 valence electrons. The lowest BCUT2D eigenvalue weighted by atomic mass is 10.2. The molecule has 0 bridgehead atoms. The number of aromatic nitrogens is 1. The van der Waals surface area contributed by atoms with Crippen molar-refractivity contribution in [2.75, 3.05) is 6.61 Å². The average Bonchev–Trinajstić information content (AvgIpc) is 2.87. The van der Waals surface area contributed by atoms with E-state index in [0.717, 1.165) is 29.3 Å². The molecule has 5 heteroatoms. The highest BCUT2D eigenvalue weighted by molar-refractivity contribution is 7.80. The van der Waals surface area contributed by atoms with E-state index in [2.05, 4.69) is 11.9 Å². The quantitative estimate of drug-likeness (QED) is 0.853. The van der Waals surface area contributed by atoms with Crippen LogP contribution in [0.1, 0.15) is 19.0 Å². The molecule has 0 radical (unpaired) electrons. The van der Waals surface area contributed by atoms with E-state index in [4.69, 9.17) is 22.7 Å². The lowest BCUT2D eigenvalue weighted by molar-refractivity contribution is 0.317. The smallest absolute Gasteiger partial charge is 0.124 e. The van der Waals surface area contributed by atoms with Gasteiger partial charge in [0.2, 0.25) is 0 Å². The lowest BCUT2D eigenvalue weighted by Gasteiger charge is -2.04. The van der Waals surface area contributed by atoms with Crippen molar-refractivity contribution < 1.29 is 4.74 Å². The Morgan fingerprint density at radius 3 is 2.67 bits per heavy atom. The molecular formula is C13H14N2OS2. The van der Waals surface area contributed by atoms with Crippen LogP contribution in [-0.4, -0.2) is 16.6 Å². The zero-order valence-corrected chi connectivity index (χ0v) is 11.7. The van der Waals surface area contributed by atoms with Crippen LogP contribution < -0.4 is 10.5 Å². The van der Waals surface area contributed by atoms with Gasteiger partial charge in [0.05, 0.1) is 6.61 Å². The van der Waals surface area contributed by atoms with Gasteiger partial charge in [-0.25, -0.2) is 4.98 Å². The molecule has 1 heterocycles. The van der Waals surface area contributed by atoms with Gasteiger partial charge in [0.1, 0.15) is 21.4 Å². The fraction of sp³-hybridized carbons (Fsp3) is 0.231. The molecule has 1 aromatic heterocycles. The summed E-state index contributed by atoms with van der Waals surface area (Å²) in [7, 11) is 0. The van der Waals surface area contributed by atoms with Crippen LogP contribution in [0.25, 0.3) is 10.6 Å². The molecule has 0 fully saturated rings. The molecule has 1 aromatic carbocycles. The van der Waals surface area contributed by atoms with Crippen molar-refractivity contribution in [3.8, 4) is 16.3 Å². The SMILES string of the molecule is CCCOc1ccc(-c2nc(C(N)=S)cs2)cc1. The van der Waals surface area contributed by atoms with E-state index in [1.165, 1.54) is 11.3 Å². The summed E-state index contributed by atoms with van der Waals surface area (Å²) in [5, 5.41) is 2.79. The average molecular weight is 278 g/mol. The number of thiazole rings is 1. The van der Waals surface area contributed by atoms with Crippen LogP contribution in [0, 0.1) is 0 Å². The third-order valence-corrected chi connectivity index (χ3v) is 3.43. The van der Waals surface area contributed by atoms with E-state index in [9.17, 15) is 0 Å². The number of benzene rings is 1. The maximum absolute atomic E-state index is 5.54. The molecular weight excluding hydrogens is 264 g/mol. The minimum absolute atomic E-state index is 0.334. The molecule has 0 saturated carbocycles. The van der Waals surface area contributed by atoms with Gasteiger partial charge < -0.3 is 10.5 Å². The van der Waals surface area contributed by atoms with E-state index in [-0.39, 0.29) is 0 Å². The molecule has 0 atom stereocenters. The highest BCUT2D eigenvalue weighted by Gasteiger charge is 2.06. The summed E-state index contributed by atoms with van der Waals surface area (Å²) in [6.45, 7) is 2.82. The van der Waals surface area contributed by atoms with E-state index in [1.807, 2.05) is 29.6 Å². The van der Waals surface area contributed by atoms with Crippen molar-refractivity contribution in [2.24, 2.45) is 5.73 Å². The van der Waals surface area contributed by atoms with Crippen molar-refractivity contribution in [2.45, 2.75) is 13.3 Å². The van der Waals surface area contributed by atoms with Crippen LogP contribution in [0.2, 0.25) is 0 Å². The van der Waals surface area contributed by atoms with Gasteiger partial charge in [0, 0.05) is 10.9 Å². The summed E-state index contributed by atoms with van der Waals surface area (Å²) in [5.74, 6) is 0.881.